The van der Waals surface area contributed by atoms with E-state index in [0.717, 1.165) is 40.8 Å². The van der Waals surface area contributed by atoms with Crippen molar-refractivity contribution in [3.63, 3.8) is 0 Å². The van der Waals surface area contributed by atoms with E-state index in [0.29, 0.717) is 27.7 Å². The van der Waals surface area contributed by atoms with Crippen LogP contribution in [0.25, 0.3) is 6.08 Å². The summed E-state index contributed by atoms with van der Waals surface area (Å²) in [5, 5.41) is 19.2. The van der Waals surface area contributed by atoms with Gasteiger partial charge in [-0.25, -0.2) is 0 Å². The number of nitriles is 1. The number of rotatable bonds is 10. The van der Waals surface area contributed by atoms with Crippen molar-refractivity contribution in [2.45, 2.75) is 37.0 Å². The first-order chi connectivity index (χ1) is 23.9. The van der Waals surface area contributed by atoms with Crippen LogP contribution in [0.5, 0.6) is 0 Å². The second-order valence-electron chi connectivity index (χ2n) is 11.7. The lowest BCUT2D eigenvalue weighted by atomic mass is 9.83. The van der Waals surface area contributed by atoms with Gasteiger partial charge < -0.3 is 16.0 Å². The van der Waals surface area contributed by atoms with Crippen molar-refractivity contribution >= 4 is 57.6 Å². The third kappa shape index (κ3) is 8.36. The summed E-state index contributed by atoms with van der Waals surface area (Å²) in [6.07, 6.45) is 4.31. The second-order valence-corrected chi connectivity index (χ2v) is 13.9. The first-order valence-corrected chi connectivity index (χ1v) is 17.8. The number of amides is 3. The third-order valence-electron chi connectivity index (χ3n) is 8.38. The minimum atomic E-state index is -0.479. The molecule has 1 aliphatic carbocycles. The number of hydrogen-bond acceptors (Lipinski definition) is 6. The van der Waals surface area contributed by atoms with Crippen LogP contribution in [0, 0.1) is 18.3 Å². The van der Waals surface area contributed by atoms with Gasteiger partial charge in [-0.05, 0) is 90.8 Å². The maximum absolute atomic E-state index is 13.5. The molecule has 0 bridgehead atoms. The van der Waals surface area contributed by atoms with Gasteiger partial charge in [-0.3, -0.25) is 14.4 Å². The van der Waals surface area contributed by atoms with E-state index in [2.05, 4.69) is 46.3 Å². The average molecular weight is 683 g/mol. The van der Waals surface area contributed by atoms with Gasteiger partial charge in [0.25, 0.3) is 11.8 Å². The van der Waals surface area contributed by atoms with Crippen LogP contribution in [0.3, 0.4) is 0 Å². The summed E-state index contributed by atoms with van der Waals surface area (Å²) in [5.41, 5.74) is 5.75. The smallest absolute Gasteiger partial charge is 0.272 e. The van der Waals surface area contributed by atoms with E-state index < -0.39 is 11.8 Å². The number of hydrogen-bond donors (Lipinski definition) is 3. The van der Waals surface area contributed by atoms with Crippen molar-refractivity contribution in [3.05, 3.63) is 153 Å². The van der Waals surface area contributed by atoms with E-state index in [1.165, 1.54) is 33.5 Å². The standard InChI is InChI=1S/C40H34N4O3S2/c1-26-11-8-9-16-29(26)21-35(43-38(46)28-14-6-3-7-15-28)39(47)42-31-17-10-18-32(23-31)48-25-37(45)44-40-34(24-41)33-20-19-30(22-36(33)49-40)27-12-4-2-5-13-27/h2-18,21,23,30H,19-20,22,25H2,1H3,(H,42,47)(H,43,46)(H,44,45)/b35-21-. The van der Waals surface area contributed by atoms with Gasteiger partial charge in [-0.15, -0.1) is 23.1 Å². The number of nitrogens with one attached hydrogen (secondary N) is 3. The summed E-state index contributed by atoms with van der Waals surface area (Å²) >= 11 is 2.83. The van der Waals surface area contributed by atoms with Gasteiger partial charge in [0.15, 0.2) is 0 Å². The zero-order valence-corrected chi connectivity index (χ0v) is 28.5. The highest BCUT2D eigenvalue weighted by atomic mass is 32.2. The number of carbonyl (C=O) groups is 3. The fourth-order valence-corrected chi connectivity index (χ4v) is 7.87. The summed E-state index contributed by atoms with van der Waals surface area (Å²) in [7, 11) is 0. The summed E-state index contributed by atoms with van der Waals surface area (Å²) < 4.78 is 0. The Morgan fingerprint density at radius 3 is 2.41 bits per heavy atom. The minimum Gasteiger partial charge on any atom is -0.321 e. The van der Waals surface area contributed by atoms with E-state index in [4.69, 9.17) is 0 Å². The molecule has 1 aliphatic rings. The Kier molecular flexibility index (Phi) is 10.7. The van der Waals surface area contributed by atoms with E-state index in [-0.39, 0.29) is 17.4 Å². The Labute approximate surface area is 294 Å². The van der Waals surface area contributed by atoms with Crippen molar-refractivity contribution in [2.24, 2.45) is 0 Å². The maximum atomic E-state index is 13.5. The summed E-state index contributed by atoms with van der Waals surface area (Å²) in [6, 6.07) is 36.3. The Morgan fingerprint density at radius 2 is 1.65 bits per heavy atom. The first kappa shape index (κ1) is 33.5. The molecule has 3 N–H and O–H groups in total. The molecule has 4 aromatic carbocycles. The largest absolute Gasteiger partial charge is 0.321 e. The number of benzene rings is 4. The molecule has 1 heterocycles. The molecule has 0 fully saturated rings. The van der Waals surface area contributed by atoms with Gasteiger partial charge >= 0.3 is 0 Å². The SMILES string of the molecule is Cc1ccccc1/C=C(\NC(=O)c1ccccc1)C(=O)Nc1cccc(SCC(=O)Nc2sc3c(c2C#N)CCC(c2ccccc2)C3)c1. The second kappa shape index (κ2) is 15.6. The molecule has 9 heteroatoms. The fourth-order valence-electron chi connectivity index (χ4n) is 5.82. The monoisotopic (exact) mass is 682 g/mol. The molecular weight excluding hydrogens is 649 g/mol. The van der Waals surface area contributed by atoms with Crippen molar-refractivity contribution in [1.82, 2.24) is 5.32 Å². The van der Waals surface area contributed by atoms with Gasteiger partial charge in [0.05, 0.1) is 11.3 Å². The van der Waals surface area contributed by atoms with Crippen LogP contribution in [-0.4, -0.2) is 23.5 Å². The van der Waals surface area contributed by atoms with Crippen molar-refractivity contribution in [3.8, 4) is 6.07 Å². The van der Waals surface area contributed by atoms with Gasteiger partial charge in [0, 0.05) is 21.0 Å². The highest BCUT2D eigenvalue weighted by Gasteiger charge is 2.27. The lowest BCUT2D eigenvalue weighted by molar-refractivity contribution is -0.114. The van der Waals surface area contributed by atoms with Crippen LogP contribution in [0.1, 0.15) is 55.4 Å². The number of carbonyl (C=O) groups excluding carboxylic acids is 3. The molecule has 0 spiro atoms. The number of fused-ring (bicyclic) bond motifs is 1. The van der Waals surface area contributed by atoms with E-state index >= 15 is 0 Å². The topological polar surface area (TPSA) is 111 Å². The zero-order chi connectivity index (χ0) is 34.2. The molecule has 1 atom stereocenters. The molecule has 5 aromatic rings. The van der Waals surface area contributed by atoms with Crippen molar-refractivity contribution in [1.29, 1.82) is 5.26 Å². The Hall–Kier alpha value is -5.43. The normalized spacial score (nSPS) is 13.9. The molecule has 0 saturated carbocycles. The van der Waals surface area contributed by atoms with Gasteiger partial charge in [-0.2, -0.15) is 5.26 Å². The van der Waals surface area contributed by atoms with Crippen LogP contribution in [0.2, 0.25) is 0 Å². The van der Waals surface area contributed by atoms with Gasteiger partial charge in [0.1, 0.15) is 16.8 Å². The van der Waals surface area contributed by atoms with Crippen LogP contribution in [-0.2, 0) is 22.4 Å². The molecule has 3 amide bonds. The predicted octanol–water partition coefficient (Wildman–Crippen LogP) is 8.34. The molecule has 6 rings (SSSR count). The number of nitrogens with zero attached hydrogens (tertiary/aromatic N) is 1. The maximum Gasteiger partial charge on any atom is 0.272 e. The molecule has 1 unspecified atom stereocenters. The number of anilines is 2. The molecule has 1 aromatic heterocycles. The molecular formula is C40H34N4O3S2. The summed E-state index contributed by atoms with van der Waals surface area (Å²) in [6.45, 7) is 1.94. The lowest BCUT2D eigenvalue weighted by Crippen LogP contribution is -2.30. The van der Waals surface area contributed by atoms with Gasteiger partial charge in [-0.1, -0.05) is 78.9 Å². The molecule has 49 heavy (non-hydrogen) atoms. The minimum absolute atomic E-state index is 0.0996. The third-order valence-corrected chi connectivity index (χ3v) is 10.5. The van der Waals surface area contributed by atoms with Crippen LogP contribution >= 0.6 is 23.1 Å². The summed E-state index contributed by atoms with van der Waals surface area (Å²) in [4.78, 5) is 41.6. The fraction of sp³-hybridized carbons (Fsp3) is 0.150. The van der Waals surface area contributed by atoms with Crippen LogP contribution in [0.4, 0.5) is 10.7 Å². The molecule has 7 nitrogen and oxygen atoms in total. The predicted molar refractivity (Wildman–Crippen MR) is 198 cm³/mol. The Balaban J connectivity index is 1.10. The quantitative estimate of drug-likeness (QED) is 0.101. The number of thiophene rings is 1. The highest BCUT2D eigenvalue weighted by molar-refractivity contribution is 8.00. The van der Waals surface area contributed by atoms with Gasteiger partial charge in [0.2, 0.25) is 5.91 Å². The number of aryl methyl sites for hydroxylation is 1. The van der Waals surface area contributed by atoms with Crippen LogP contribution in [0.15, 0.2) is 120 Å². The average Bonchev–Trinajstić information content (AvgIpc) is 3.48. The first-order valence-electron chi connectivity index (χ1n) is 16.0. The van der Waals surface area contributed by atoms with E-state index in [9.17, 15) is 19.6 Å². The van der Waals surface area contributed by atoms with Crippen molar-refractivity contribution < 1.29 is 14.4 Å². The molecule has 0 radical (unpaired) electrons. The highest BCUT2D eigenvalue weighted by Crippen LogP contribution is 2.42. The Morgan fingerprint density at radius 1 is 0.918 bits per heavy atom. The molecule has 0 saturated heterocycles. The van der Waals surface area contributed by atoms with Crippen LogP contribution < -0.4 is 16.0 Å². The zero-order valence-electron chi connectivity index (χ0n) is 26.9. The van der Waals surface area contributed by atoms with E-state index in [1.807, 2.05) is 49.4 Å². The Bertz CT molecular complexity index is 2070. The lowest BCUT2D eigenvalue weighted by Gasteiger charge is -2.22. The number of thioether (sulfide) groups is 1. The van der Waals surface area contributed by atoms with E-state index in [1.54, 1.807) is 48.5 Å². The molecule has 244 valence electrons. The molecule has 0 aliphatic heterocycles. The van der Waals surface area contributed by atoms with Crippen molar-refractivity contribution in [2.75, 3.05) is 16.4 Å². The summed E-state index contributed by atoms with van der Waals surface area (Å²) in [5.74, 6) is -0.551.